The molecule has 2 aromatic carbocycles. The van der Waals surface area contributed by atoms with Crippen molar-refractivity contribution in [2.75, 3.05) is 6.61 Å². The molecule has 0 aromatic heterocycles. The highest BCUT2D eigenvalue weighted by atomic mass is 32.2. The Hall–Kier alpha value is -1.36. The third kappa shape index (κ3) is 1.92. The molecular weight excluding hydrogens is 249 g/mol. The van der Waals surface area contributed by atoms with Crippen molar-refractivity contribution in [1.82, 2.24) is 4.72 Å². The smallest absolute Gasteiger partial charge is 0.123 e. The van der Waals surface area contributed by atoms with E-state index in [0.717, 1.165) is 11.1 Å². The van der Waals surface area contributed by atoms with E-state index in [1.54, 1.807) is 12.1 Å². The van der Waals surface area contributed by atoms with E-state index < -0.39 is 5.54 Å². The van der Waals surface area contributed by atoms with Crippen molar-refractivity contribution in [2.24, 2.45) is 0 Å². The molecule has 1 N–H and O–H groups in total. The largest absolute Gasteiger partial charge is 0.299 e. The van der Waals surface area contributed by atoms with E-state index in [1.165, 1.54) is 24.4 Å². The zero-order chi connectivity index (χ0) is 12.4. The lowest BCUT2D eigenvalue weighted by Gasteiger charge is -2.28. The fourth-order valence-corrected chi connectivity index (χ4v) is 2.89. The minimum atomic E-state index is -0.403. The van der Waals surface area contributed by atoms with E-state index in [4.69, 9.17) is 4.18 Å². The summed E-state index contributed by atoms with van der Waals surface area (Å²) in [6.45, 7) is 0.521. The van der Waals surface area contributed by atoms with Crippen LogP contribution < -0.4 is 4.72 Å². The Morgan fingerprint density at radius 1 is 1.00 bits per heavy atom. The maximum absolute atomic E-state index is 13.0. The summed E-state index contributed by atoms with van der Waals surface area (Å²) in [5.74, 6) is -0.228. The number of rotatable bonds is 2. The summed E-state index contributed by atoms with van der Waals surface area (Å²) in [5.41, 5.74) is 1.71. The zero-order valence-electron chi connectivity index (χ0n) is 9.60. The average Bonchev–Trinajstić information content (AvgIpc) is 2.91. The molecule has 3 rings (SSSR count). The van der Waals surface area contributed by atoms with Crippen LogP contribution in [0.1, 0.15) is 11.1 Å². The first-order valence-electron chi connectivity index (χ1n) is 5.68. The summed E-state index contributed by atoms with van der Waals surface area (Å²) in [5, 5.41) is 0. The van der Waals surface area contributed by atoms with Gasteiger partial charge in [-0.1, -0.05) is 42.5 Å². The molecule has 1 heterocycles. The Balaban J connectivity index is 2.10. The first kappa shape index (κ1) is 11.7. The molecule has 1 saturated heterocycles. The molecular formula is C14H12FNOS. The van der Waals surface area contributed by atoms with Crippen LogP contribution in [0, 0.1) is 5.82 Å². The summed E-state index contributed by atoms with van der Waals surface area (Å²) in [6.07, 6.45) is 0. The van der Waals surface area contributed by atoms with E-state index in [9.17, 15) is 4.39 Å². The Labute approximate surface area is 110 Å². The lowest BCUT2D eigenvalue weighted by molar-refractivity contribution is 0.319. The summed E-state index contributed by atoms with van der Waals surface area (Å²) < 4.78 is 21.7. The van der Waals surface area contributed by atoms with E-state index in [1.807, 2.05) is 30.3 Å². The molecule has 2 aromatic rings. The molecule has 1 fully saturated rings. The Bertz CT molecular complexity index is 523. The van der Waals surface area contributed by atoms with Crippen molar-refractivity contribution >= 4 is 12.2 Å². The molecule has 0 bridgehead atoms. The highest BCUT2D eigenvalue weighted by molar-refractivity contribution is 7.92. The Kier molecular flexibility index (Phi) is 3.07. The van der Waals surface area contributed by atoms with Gasteiger partial charge in [0.15, 0.2) is 0 Å². The molecule has 0 spiro atoms. The van der Waals surface area contributed by atoms with E-state index in [2.05, 4.69) is 4.72 Å². The lowest BCUT2D eigenvalue weighted by Crippen LogP contribution is -2.38. The predicted octanol–water partition coefficient (Wildman–Crippen LogP) is 3.25. The fourth-order valence-electron chi connectivity index (χ4n) is 2.16. The van der Waals surface area contributed by atoms with Crippen molar-refractivity contribution in [2.45, 2.75) is 5.54 Å². The molecule has 18 heavy (non-hydrogen) atoms. The molecule has 1 unspecified atom stereocenters. The maximum Gasteiger partial charge on any atom is 0.123 e. The summed E-state index contributed by atoms with van der Waals surface area (Å²) in [6, 6.07) is 16.6. The summed E-state index contributed by atoms with van der Waals surface area (Å²) in [7, 11) is 0. The minimum absolute atomic E-state index is 0.228. The van der Waals surface area contributed by atoms with Gasteiger partial charge in [-0.05, 0) is 23.3 Å². The second-order valence-electron chi connectivity index (χ2n) is 4.23. The average molecular weight is 261 g/mol. The highest BCUT2D eigenvalue weighted by Crippen LogP contribution is 2.37. The third-order valence-electron chi connectivity index (χ3n) is 3.15. The molecule has 0 amide bonds. The standard InChI is InChI=1S/C14H12FNOS/c15-13-8-6-12(7-9-13)14(10-17-18-16-14)11-4-2-1-3-5-11/h1-9,16H,10H2. The molecule has 0 radical (unpaired) electrons. The first-order valence-corrected chi connectivity index (χ1v) is 6.43. The van der Waals surface area contributed by atoms with Gasteiger partial charge in [0.2, 0.25) is 0 Å². The molecule has 1 atom stereocenters. The zero-order valence-corrected chi connectivity index (χ0v) is 10.4. The SMILES string of the molecule is Fc1ccc(C2(c3ccccc3)COSN2)cc1. The molecule has 2 nitrogen and oxygen atoms in total. The molecule has 0 saturated carbocycles. The van der Waals surface area contributed by atoms with Crippen LogP contribution in [0.25, 0.3) is 0 Å². The minimum Gasteiger partial charge on any atom is -0.299 e. The number of hydrogen-bond acceptors (Lipinski definition) is 3. The monoisotopic (exact) mass is 261 g/mol. The molecule has 1 aliphatic heterocycles. The van der Waals surface area contributed by atoms with Crippen LogP contribution >= 0.6 is 12.2 Å². The van der Waals surface area contributed by atoms with Crippen LogP contribution in [0.5, 0.6) is 0 Å². The van der Waals surface area contributed by atoms with Crippen LogP contribution in [0.2, 0.25) is 0 Å². The number of halogens is 1. The van der Waals surface area contributed by atoms with E-state index >= 15 is 0 Å². The van der Waals surface area contributed by atoms with Gasteiger partial charge in [-0.25, -0.2) is 9.11 Å². The number of benzene rings is 2. The van der Waals surface area contributed by atoms with Crippen molar-refractivity contribution in [3.63, 3.8) is 0 Å². The molecule has 0 aliphatic carbocycles. The van der Waals surface area contributed by atoms with Crippen LogP contribution in [0.4, 0.5) is 4.39 Å². The summed E-state index contributed by atoms with van der Waals surface area (Å²) in [4.78, 5) is 0. The Morgan fingerprint density at radius 2 is 1.67 bits per heavy atom. The topological polar surface area (TPSA) is 21.3 Å². The quantitative estimate of drug-likeness (QED) is 0.662. The van der Waals surface area contributed by atoms with Crippen LogP contribution in [-0.2, 0) is 9.72 Å². The highest BCUT2D eigenvalue weighted by Gasteiger charge is 2.39. The van der Waals surface area contributed by atoms with Gasteiger partial charge in [-0.3, -0.25) is 4.18 Å². The fraction of sp³-hybridized carbons (Fsp3) is 0.143. The van der Waals surface area contributed by atoms with Gasteiger partial charge in [0.25, 0.3) is 0 Å². The van der Waals surface area contributed by atoms with Gasteiger partial charge in [-0.15, -0.1) is 0 Å². The van der Waals surface area contributed by atoms with Crippen molar-refractivity contribution in [1.29, 1.82) is 0 Å². The third-order valence-corrected chi connectivity index (χ3v) is 3.82. The van der Waals surface area contributed by atoms with Gasteiger partial charge in [-0.2, -0.15) is 0 Å². The van der Waals surface area contributed by atoms with Gasteiger partial charge >= 0.3 is 0 Å². The normalized spacial score (nSPS) is 23.2. The van der Waals surface area contributed by atoms with Gasteiger partial charge < -0.3 is 0 Å². The van der Waals surface area contributed by atoms with Crippen molar-refractivity contribution < 1.29 is 8.57 Å². The molecule has 1 aliphatic rings. The first-order chi connectivity index (χ1) is 8.81. The second-order valence-corrected chi connectivity index (χ2v) is 4.83. The molecule has 4 heteroatoms. The summed E-state index contributed by atoms with van der Waals surface area (Å²) >= 11 is 1.23. The van der Waals surface area contributed by atoms with Gasteiger partial charge in [0.1, 0.15) is 11.4 Å². The van der Waals surface area contributed by atoms with Crippen LogP contribution in [-0.4, -0.2) is 6.61 Å². The predicted molar refractivity (Wildman–Crippen MR) is 70.3 cm³/mol. The van der Waals surface area contributed by atoms with Crippen molar-refractivity contribution in [3.05, 3.63) is 71.5 Å². The van der Waals surface area contributed by atoms with Crippen molar-refractivity contribution in [3.8, 4) is 0 Å². The van der Waals surface area contributed by atoms with E-state index in [-0.39, 0.29) is 5.82 Å². The van der Waals surface area contributed by atoms with E-state index in [0.29, 0.717) is 6.61 Å². The number of nitrogens with one attached hydrogen (secondary N) is 1. The Morgan fingerprint density at radius 3 is 2.28 bits per heavy atom. The van der Waals surface area contributed by atoms with Gasteiger partial charge in [0.05, 0.1) is 18.8 Å². The molecule has 92 valence electrons. The van der Waals surface area contributed by atoms with Crippen LogP contribution in [0.15, 0.2) is 54.6 Å². The number of hydrogen-bond donors (Lipinski definition) is 1. The van der Waals surface area contributed by atoms with Crippen LogP contribution in [0.3, 0.4) is 0 Å². The maximum atomic E-state index is 13.0. The second kappa shape index (κ2) is 4.72. The van der Waals surface area contributed by atoms with Gasteiger partial charge in [0, 0.05) is 0 Å². The lowest BCUT2D eigenvalue weighted by atomic mass is 9.84.